The summed E-state index contributed by atoms with van der Waals surface area (Å²) in [5.74, 6) is -3.05. The Kier molecular flexibility index (Phi) is 4.71. The molecule has 0 bridgehead atoms. The summed E-state index contributed by atoms with van der Waals surface area (Å²) in [7, 11) is 0. The highest BCUT2D eigenvalue weighted by atomic mass is 19.1. The van der Waals surface area contributed by atoms with Crippen molar-refractivity contribution in [1.29, 1.82) is 0 Å². The van der Waals surface area contributed by atoms with Crippen molar-refractivity contribution in [2.24, 2.45) is 0 Å². The zero-order valence-electron chi connectivity index (χ0n) is 15.0. The molecular weight excluding hydrogens is 382 g/mol. The molecule has 0 aliphatic carbocycles. The molecule has 2 heterocycles. The summed E-state index contributed by atoms with van der Waals surface area (Å²) in [6, 6.07) is 8.74. The molecule has 9 heteroatoms. The normalized spacial score (nSPS) is 16.3. The van der Waals surface area contributed by atoms with Gasteiger partial charge in [-0.1, -0.05) is 18.2 Å². The second-order valence-corrected chi connectivity index (χ2v) is 6.66. The fraction of sp³-hybridized carbons (Fsp3) is 0.150. The monoisotopic (exact) mass is 398 g/mol. The van der Waals surface area contributed by atoms with E-state index < -0.39 is 42.1 Å². The van der Waals surface area contributed by atoms with Crippen molar-refractivity contribution < 1.29 is 23.2 Å². The van der Waals surface area contributed by atoms with Crippen molar-refractivity contribution >= 4 is 34.4 Å². The van der Waals surface area contributed by atoms with E-state index >= 15 is 0 Å². The first kappa shape index (κ1) is 18.6. The van der Waals surface area contributed by atoms with Crippen molar-refractivity contribution in [1.82, 2.24) is 15.2 Å². The van der Waals surface area contributed by atoms with Gasteiger partial charge in [-0.25, -0.2) is 13.6 Å². The molecule has 1 aromatic heterocycles. The van der Waals surface area contributed by atoms with Gasteiger partial charge in [-0.2, -0.15) is 0 Å². The molecule has 1 saturated heterocycles. The van der Waals surface area contributed by atoms with Crippen LogP contribution in [0.15, 0.2) is 48.7 Å². The summed E-state index contributed by atoms with van der Waals surface area (Å²) in [6.45, 7) is -0.578. The Morgan fingerprint density at radius 2 is 1.93 bits per heavy atom. The maximum absolute atomic E-state index is 13.7. The van der Waals surface area contributed by atoms with E-state index in [0.717, 1.165) is 33.5 Å². The van der Waals surface area contributed by atoms with E-state index in [-0.39, 0.29) is 12.1 Å². The largest absolute Gasteiger partial charge is 0.361 e. The highest BCUT2D eigenvalue weighted by Gasteiger charge is 2.39. The van der Waals surface area contributed by atoms with Gasteiger partial charge in [-0.15, -0.1) is 0 Å². The van der Waals surface area contributed by atoms with E-state index in [0.29, 0.717) is 6.07 Å². The molecule has 0 unspecified atom stereocenters. The fourth-order valence-corrected chi connectivity index (χ4v) is 3.31. The Balaban J connectivity index is 1.43. The molecule has 3 aromatic rings. The number of amides is 4. The molecule has 2 aromatic carbocycles. The number of carbonyl (C=O) groups excluding carboxylic acids is 3. The highest BCUT2D eigenvalue weighted by Crippen LogP contribution is 2.21. The van der Waals surface area contributed by atoms with E-state index in [9.17, 15) is 23.2 Å². The van der Waals surface area contributed by atoms with E-state index in [2.05, 4.69) is 15.6 Å². The van der Waals surface area contributed by atoms with Crippen LogP contribution in [0.3, 0.4) is 0 Å². The summed E-state index contributed by atoms with van der Waals surface area (Å²) in [5, 5.41) is 5.74. The average molecular weight is 398 g/mol. The van der Waals surface area contributed by atoms with Gasteiger partial charge < -0.3 is 15.6 Å². The van der Waals surface area contributed by atoms with Crippen molar-refractivity contribution in [2.75, 3.05) is 11.9 Å². The Bertz CT molecular complexity index is 1130. The number of nitrogens with one attached hydrogen (secondary N) is 3. The lowest BCUT2D eigenvalue weighted by Gasteiger charge is -2.13. The average Bonchev–Trinajstić information content (AvgIpc) is 3.21. The van der Waals surface area contributed by atoms with Gasteiger partial charge in [0, 0.05) is 29.6 Å². The number of para-hydroxylation sites is 1. The lowest BCUT2D eigenvalue weighted by atomic mass is 10.1. The summed E-state index contributed by atoms with van der Waals surface area (Å²) >= 11 is 0. The Hall–Kier alpha value is -3.75. The second-order valence-electron chi connectivity index (χ2n) is 6.66. The van der Waals surface area contributed by atoms with Crippen LogP contribution in [-0.2, 0) is 16.0 Å². The fourth-order valence-electron chi connectivity index (χ4n) is 3.31. The number of fused-ring (bicyclic) bond motifs is 1. The number of hydrogen-bond acceptors (Lipinski definition) is 3. The molecule has 0 saturated carbocycles. The molecule has 1 aliphatic heterocycles. The molecule has 1 aliphatic rings. The summed E-state index contributed by atoms with van der Waals surface area (Å²) in [4.78, 5) is 40.8. The van der Waals surface area contributed by atoms with Gasteiger partial charge in [0.25, 0.3) is 5.91 Å². The number of hydrogen-bond donors (Lipinski definition) is 3. The molecule has 7 nitrogen and oxygen atoms in total. The number of carbonyl (C=O) groups is 3. The first-order valence-electron chi connectivity index (χ1n) is 8.84. The topological polar surface area (TPSA) is 94.3 Å². The lowest BCUT2D eigenvalue weighted by Crippen LogP contribution is -2.38. The number of halogens is 2. The van der Waals surface area contributed by atoms with Gasteiger partial charge in [0.1, 0.15) is 24.2 Å². The number of imide groups is 1. The molecule has 148 valence electrons. The third-order valence-electron chi connectivity index (χ3n) is 4.71. The van der Waals surface area contributed by atoms with Crippen LogP contribution in [0.4, 0.5) is 19.3 Å². The Labute approximate surface area is 163 Å². The standard InChI is InChI=1S/C20H16F2N4O3/c21-12-5-6-16(14(22)8-12)24-18(27)10-26-19(28)17(25-20(26)29)7-11-9-23-15-4-2-1-3-13(11)15/h1-6,8-9,17,23H,7,10H2,(H,24,27)(H,25,29)/t17-/m0/s1. The maximum Gasteiger partial charge on any atom is 0.325 e. The van der Waals surface area contributed by atoms with Crippen molar-refractivity contribution in [3.63, 3.8) is 0 Å². The Morgan fingerprint density at radius 1 is 1.14 bits per heavy atom. The number of urea groups is 1. The predicted molar refractivity (Wildman–Crippen MR) is 101 cm³/mol. The molecular formula is C20H16F2N4O3. The van der Waals surface area contributed by atoms with Crippen LogP contribution >= 0.6 is 0 Å². The molecule has 3 N–H and O–H groups in total. The maximum atomic E-state index is 13.7. The third-order valence-corrected chi connectivity index (χ3v) is 4.71. The van der Waals surface area contributed by atoms with Gasteiger partial charge in [-0.05, 0) is 23.8 Å². The summed E-state index contributed by atoms with van der Waals surface area (Å²) in [6.07, 6.45) is 2.04. The van der Waals surface area contributed by atoms with Crippen LogP contribution in [0.5, 0.6) is 0 Å². The molecule has 1 atom stereocenters. The van der Waals surface area contributed by atoms with Crippen LogP contribution < -0.4 is 10.6 Å². The minimum absolute atomic E-state index is 0.237. The Morgan fingerprint density at radius 3 is 2.72 bits per heavy atom. The predicted octanol–water partition coefficient (Wildman–Crippen LogP) is 2.55. The molecule has 0 radical (unpaired) electrons. The van der Waals surface area contributed by atoms with Gasteiger partial charge in [0.2, 0.25) is 5.91 Å². The number of H-pyrrole nitrogens is 1. The number of aromatic amines is 1. The van der Waals surface area contributed by atoms with E-state index in [4.69, 9.17) is 0 Å². The van der Waals surface area contributed by atoms with E-state index in [1.165, 1.54) is 0 Å². The molecule has 29 heavy (non-hydrogen) atoms. The van der Waals surface area contributed by atoms with Crippen LogP contribution in [0.2, 0.25) is 0 Å². The van der Waals surface area contributed by atoms with E-state index in [1.54, 1.807) is 6.20 Å². The number of benzene rings is 2. The molecule has 0 spiro atoms. The highest BCUT2D eigenvalue weighted by molar-refractivity contribution is 6.08. The van der Waals surface area contributed by atoms with Crippen molar-refractivity contribution in [3.8, 4) is 0 Å². The SMILES string of the molecule is O=C(CN1C(=O)N[C@@H](Cc2c[nH]c3ccccc23)C1=O)Nc1ccc(F)cc1F. The minimum atomic E-state index is -0.951. The van der Waals surface area contributed by atoms with Crippen LogP contribution in [0, 0.1) is 11.6 Å². The molecule has 4 amide bonds. The van der Waals surface area contributed by atoms with Crippen LogP contribution in [0.25, 0.3) is 10.9 Å². The van der Waals surface area contributed by atoms with Crippen molar-refractivity contribution in [2.45, 2.75) is 12.5 Å². The van der Waals surface area contributed by atoms with Crippen molar-refractivity contribution in [3.05, 3.63) is 65.9 Å². The van der Waals surface area contributed by atoms with Crippen LogP contribution in [-0.4, -0.2) is 40.3 Å². The second kappa shape index (κ2) is 7.34. The zero-order valence-corrected chi connectivity index (χ0v) is 15.0. The molecule has 1 fully saturated rings. The van der Waals surface area contributed by atoms with Gasteiger partial charge in [0.05, 0.1) is 5.69 Å². The number of anilines is 1. The lowest BCUT2D eigenvalue weighted by molar-refractivity contribution is -0.130. The first-order chi connectivity index (χ1) is 13.9. The summed E-state index contributed by atoms with van der Waals surface area (Å²) < 4.78 is 26.6. The third kappa shape index (κ3) is 3.66. The minimum Gasteiger partial charge on any atom is -0.361 e. The van der Waals surface area contributed by atoms with Gasteiger partial charge >= 0.3 is 6.03 Å². The van der Waals surface area contributed by atoms with E-state index in [1.807, 2.05) is 24.3 Å². The zero-order chi connectivity index (χ0) is 20.5. The molecule has 4 rings (SSSR count). The quantitative estimate of drug-likeness (QED) is 0.577. The van der Waals surface area contributed by atoms with Crippen LogP contribution in [0.1, 0.15) is 5.56 Å². The number of rotatable bonds is 5. The number of aromatic nitrogens is 1. The van der Waals surface area contributed by atoms with Gasteiger partial charge in [-0.3, -0.25) is 14.5 Å². The first-order valence-corrected chi connectivity index (χ1v) is 8.84. The summed E-state index contributed by atoms with van der Waals surface area (Å²) in [5.41, 5.74) is 1.54. The smallest absolute Gasteiger partial charge is 0.325 e. The van der Waals surface area contributed by atoms with Gasteiger partial charge in [0.15, 0.2) is 0 Å². The number of nitrogens with zero attached hydrogens (tertiary/aromatic N) is 1.